The van der Waals surface area contributed by atoms with Crippen LogP contribution in [0.3, 0.4) is 0 Å². The first-order valence-electron chi connectivity index (χ1n) is 8.42. The van der Waals surface area contributed by atoms with Crippen molar-refractivity contribution >= 4 is 22.9 Å². The van der Waals surface area contributed by atoms with Gasteiger partial charge in [0, 0.05) is 17.7 Å². The van der Waals surface area contributed by atoms with Gasteiger partial charge >= 0.3 is 0 Å². The fourth-order valence-corrected chi connectivity index (χ4v) is 3.14. The van der Waals surface area contributed by atoms with Gasteiger partial charge < -0.3 is 9.84 Å². The van der Waals surface area contributed by atoms with Gasteiger partial charge in [0.15, 0.2) is 0 Å². The molecule has 8 nitrogen and oxygen atoms in total. The monoisotopic (exact) mass is 386 g/mol. The molecular weight excluding hydrogens is 368 g/mol. The summed E-state index contributed by atoms with van der Waals surface area (Å²) < 4.78 is 5.39. The van der Waals surface area contributed by atoms with Crippen LogP contribution in [0.5, 0.6) is 0 Å². The second-order valence-corrected chi connectivity index (χ2v) is 7.02. The van der Waals surface area contributed by atoms with Crippen molar-refractivity contribution in [3.05, 3.63) is 62.7 Å². The summed E-state index contributed by atoms with van der Waals surface area (Å²) in [5.74, 6) is 0.519. The molecule has 1 aromatic carbocycles. The van der Waals surface area contributed by atoms with E-state index in [0.29, 0.717) is 22.2 Å². The number of hydrogen-bond donors (Lipinski definition) is 1. The average Bonchev–Trinajstić information content (AvgIpc) is 3.37. The molecule has 2 atom stereocenters. The molecule has 0 saturated carbocycles. The molecule has 0 radical (unpaired) electrons. The molecule has 0 fully saturated rings. The Morgan fingerprint density at radius 2 is 2.07 bits per heavy atom. The zero-order chi connectivity index (χ0) is 19.4. The fraction of sp³-hybridized carbons (Fsp3) is 0.278. The maximum Gasteiger partial charge on any atom is 0.269 e. The van der Waals surface area contributed by atoms with Crippen LogP contribution in [0.1, 0.15) is 41.9 Å². The van der Waals surface area contributed by atoms with Crippen molar-refractivity contribution in [2.75, 3.05) is 0 Å². The Morgan fingerprint density at radius 3 is 2.67 bits per heavy atom. The van der Waals surface area contributed by atoms with Gasteiger partial charge in [-0.05, 0) is 29.5 Å². The topological polar surface area (TPSA) is 111 Å². The highest BCUT2D eigenvalue weighted by Crippen LogP contribution is 2.27. The van der Waals surface area contributed by atoms with Crippen LogP contribution in [0.4, 0.5) is 5.69 Å². The summed E-state index contributed by atoms with van der Waals surface area (Å²) in [4.78, 5) is 27.7. The number of carbonyl (C=O) groups excluding carboxylic acids is 1. The molecule has 0 bridgehead atoms. The van der Waals surface area contributed by atoms with Gasteiger partial charge in [0.1, 0.15) is 6.04 Å². The number of nitro benzene ring substituents is 1. The van der Waals surface area contributed by atoms with Crippen LogP contribution in [0.2, 0.25) is 0 Å². The van der Waals surface area contributed by atoms with Crippen LogP contribution >= 0.6 is 11.3 Å². The van der Waals surface area contributed by atoms with E-state index >= 15 is 0 Å². The highest BCUT2D eigenvalue weighted by atomic mass is 32.1. The Balaban J connectivity index is 1.83. The SMILES string of the molecule is CCC(C)C(NC(=O)c1cccs1)c1nc(-c2ccc([N+](=O)[O-])cc2)no1. The van der Waals surface area contributed by atoms with E-state index in [1.165, 1.54) is 23.5 Å². The van der Waals surface area contributed by atoms with Crippen molar-refractivity contribution in [1.29, 1.82) is 0 Å². The summed E-state index contributed by atoms with van der Waals surface area (Å²) >= 11 is 1.36. The summed E-state index contributed by atoms with van der Waals surface area (Å²) in [6.07, 6.45) is 0.810. The van der Waals surface area contributed by atoms with Gasteiger partial charge in [-0.15, -0.1) is 11.3 Å². The first-order valence-corrected chi connectivity index (χ1v) is 9.30. The van der Waals surface area contributed by atoms with E-state index in [1.807, 2.05) is 25.3 Å². The van der Waals surface area contributed by atoms with Gasteiger partial charge in [-0.1, -0.05) is 31.5 Å². The van der Waals surface area contributed by atoms with E-state index in [4.69, 9.17) is 4.52 Å². The molecule has 1 N–H and O–H groups in total. The summed E-state index contributed by atoms with van der Waals surface area (Å²) in [5.41, 5.74) is 0.589. The van der Waals surface area contributed by atoms with Gasteiger partial charge in [0.05, 0.1) is 9.80 Å². The molecule has 3 aromatic rings. The lowest BCUT2D eigenvalue weighted by molar-refractivity contribution is -0.384. The number of thiophene rings is 1. The molecule has 140 valence electrons. The minimum Gasteiger partial charge on any atom is -0.339 e. The second-order valence-electron chi connectivity index (χ2n) is 6.07. The van der Waals surface area contributed by atoms with Crippen molar-refractivity contribution in [2.45, 2.75) is 26.3 Å². The van der Waals surface area contributed by atoms with E-state index in [1.54, 1.807) is 18.2 Å². The Labute approximate surface area is 159 Å². The Kier molecular flexibility index (Phi) is 5.60. The van der Waals surface area contributed by atoms with Crippen molar-refractivity contribution in [3.63, 3.8) is 0 Å². The zero-order valence-corrected chi connectivity index (χ0v) is 15.6. The van der Waals surface area contributed by atoms with Crippen LogP contribution in [0, 0.1) is 16.0 Å². The van der Waals surface area contributed by atoms with Crippen LogP contribution in [0.25, 0.3) is 11.4 Å². The summed E-state index contributed by atoms with van der Waals surface area (Å²) in [6, 6.07) is 9.04. The first-order chi connectivity index (χ1) is 13.0. The third-order valence-electron chi connectivity index (χ3n) is 4.29. The fourth-order valence-electron chi connectivity index (χ4n) is 2.51. The zero-order valence-electron chi connectivity index (χ0n) is 14.8. The Morgan fingerprint density at radius 1 is 1.33 bits per heavy atom. The summed E-state index contributed by atoms with van der Waals surface area (Å²) in [7, 11) is 0. The van der Waals surface area contributed by atoms with E-state index in [9.17, 15) is 14.9 Å². The minimum absolute atomic E-state index is 0.0110. The van der Waals surface area contributed by atoms with Gasteiger partial charge in [-0.3, -0.25) is 14.9 Å². The molecule has 2 unspecified atom stereocenters. The number of hydrogen-bond acceptors (Lipinski definition) is 7. The first kappa shape index (κ1) is 18.7. The molecule has 1 amide bonds. The predicted octanol–water partition coefficient (Wildman–Crippen LogP) is 4.22. The maximum absolute atomic E-state index is 12.4. The molecule has 0 spiro atoms. The highest BCUT2D eigenvalue weighted by Gasteiger charge is 2.27. The maximum atomic E-state index is 12.4. The predicted molar refractivity (Wildman–Crippen MR) is 100 cm³/mol. The van der Waals surface area contributed by atoms with E-state index in [0.717, 1.165) is 6.42 Å². The van der Waals surface area contributed by atoms with Gasteiger partial charge in [-0.2, -0.15) is 4.98 Å². The summed E-state index contributed by atoms with van der Waals surface area (Å²) in [5, 5.41) is 19.5. The molecule has 0 saturated heterocycles. The molecule has 0 aliphatic rings. The van der Waals surface area contributed by atoms with Crippen molar-refractivity contribution < 1.29 is 14.2 Å². The number of carbonyl (C=O) groups is 1. The van der Waals surface area contributed by atoms with Crippen LogP contribution < -0.4 is 5.32 Å². The number of nitrogens with zero attached hydrogens (tertiary/aromatic N) is 3. The standard InChI is InChI=1S/C18H18N4O4S/c1-3-11(2)15(19-17(23)14-5-4-10-27-14)18-20-16(21-26-18)12-6-8-13(9-7-12)22(24)25/h4-11,15H,3H2,1-2H3,(H,19,23). The van der Waals surface area contributed by atoms with E-state index in [2.05, 4.69) is 15.5 Å². The van der Waals surface area contributed by atoms with E-state index < -0.39 is 11.0 Å². The highest BCUT2D eigenvalue weighted by molar-refractivity contribution is 7.12. The number of amides is 1. The second kappa shape index (κ2) is 8.09. The Bertz CT molecular complexity index is 921. The van der Waals surface area contributed by atoms with Crippen molar-refractivity contribution in [1.82, 2.24) is 15.5 Å². The molecule has 0 aliphatic heterocycles. The van der Waals surface area contributed by atoms with Crippen LogP contribution in [0.15, 0.2) is 46.3 Å². The number of non-ortho nitro benzene ring substituents is 1. The quantitative estimate of drug-likeness (QED) is 0.480. The number of nitrogens with one attached hydrogen (secondary N) is 1. The molecular formula is C18H18N4O4S. The lowest BCUT2D eigenvalue weighted by atomic mass is 9.99. The molecule has 3 rings (SSSR count). The molecule has 2 aromatic heterocycles. The number of aromatic nitrogens is 2. The van der Waals surface area contributed by atoms with Crippen molar-refractivity contribution in [3.8, 4) is 11.4 Å². The largest absolute Gasteiger partial charge is 0.339 e. The van der Waals surface area contributed by atoms with E-state index in [-0.39, 0.29) is 17.5 Å². The van der Waals surface area contributed by atoms with Gasteiger partial charge in [-0.25, -0.2) is 0 Å². The van der Waals surface area contributed by atoms with Crippen molar-refractivity contribution in [2.24, 2.45) is 5.92 Å². The smallest absolute Gasteiger partial charge is 0.269 e. The molecule has 27 heavy (non-hydrogen) atoms. The number of nitro groups is 1. The minimum atomic E-state index is -0.468. The third-order valence-corrected chi connectivity index (χ3v) is 5.16. The van der Waals surface area contributed by atoms with Gasteiger partial charge in [0.2, 0.25) is 11.7 Å². The summed E-state index contributed by atoms with van der Waals surface area (Å²) in [6.45, 7) is 4.01. The molecule has 9 heteroatoms. The molecule has 2 heterocycles. The van der Waals surface area contributed by atoms with Crippen LogP contribution in [-0.2, 0) is 0 Å². The number of benzene rings is 1. The average molecular weight is 386 g/mol. The normalized spacial score (nSPS) is 13.1. The van der Waals surface area contributed by atoms with Crippen LogP contribution in [-0.4, -0.2) is 21.0 Å². The Hall–Kier alpha value is -3.07. The number of rotatable bonds is 7. The third kappa shape index (κ3) is 4.20. The lowest BCUT2D eigenvalue weighted by Crippen LogP contribution is -2.32. The lowest BCUT2D eigenvalue weighted by Gasteiger charge is -2.20. The van der Waals surface area contributed by atoms with Gasteiger partial charge in [0.25, 0.3) is 11.6 Å². The molecule has 0 aliphatic carbocycles.